The van der Waals surface area contributed by atoms with Crippen molar-refractivity contribution in [2.24, 2.45) is 0 Å². The van der Waals surface area contributed by atoms with Crippen LogP contribution in [0.3, 0.4) is 0 Å². The molecule has 0 bridgehead atoms. The van der Waals surface area contributed by atoms with Crippen molar-refractivity contribution >= 4 is 28.9 Å². The number of aromatic nitrogens is 2. The van der Waals surface area contributed by atoms with Gasteiger partial charge in [0.25, 0.3) is 5.69 Å². The van der Waals surface area contributed by atoms with Gasteiger partial charge < -0.3 is 0 Å². The lowest BCUT2D eigenvalue weighted by atomic mass is 10.2. The Morgan fingerprint density at radius 2 is 2.18 bits per heavy atom. The molecular weight excluding hydrogens is 265 g/mol. The number of benzene rings is 1. The first-order valence-electron chi connectivity index (χ1n) is 4.67. The molecule has 0 N–H and O–H groups in total. The summed E-state index contributed by atoms with van der Waals surface area (Å²) in [7, 11) is 0. The molecule has 0 unspecified atom stereocenters. The number of hydrogen-bond acceptors (Lipinski definition) is 3. The van der Waals surface area contributed by atoms with Crippen molar-refractivity contribution in [3.63, 3.8) is 0 Å². The maximum absolute atomic E-state index is 10.9. The van der Waals surface area contributed by atoms with E-state index in [0.717, 1.165) is 0 Å². The molecule has 7 heteroatoms. The average molecular weight is 272 g/mol. The van der Waals surface area contributed by atoms with E-state index in [1.807, 2.05) is 0 Å². The second kappa shape index (κ2) is 4.73. The zero-order valence-electron chi connectivity index (χ0n) is 8.51. The molecular formula is C10H7Cl2N3O2. The van der Waals surface area contributed by atoms with Gasteiger partial charge in [-0.25, -0.2) is 4.68 Å². The normalized spacial score (nSPS) is 10.5. The second-order valence-electron chi connectivity index (χ2n) is 3.25. The van der Waals surface area contributed by atoms with Gasteiger partial charge in [-0.15, -0.1) is 11.6 Å². The number of nitrogens with zero attached hydrogens (tertiary/aromatic N) is 3. The quantitative estimate of drug-likeness (QED) is 0.489. The summed E-state index contributed by atoms with van der Waals surface area (Å²) >= 11 is 11.6. The van der Waals surface area contributed by atoms with Gasteiger partial charge in [0, 0.05) is 12.3 Å². The Balaban J connectivity index is 2.61. The summed E-state index contributed by atoms with van der Waals surface area (Å²) in [4.78, 5) is 10.4. The van der Waals surface area contributed by atoms with Crippen molar-refractivity contribution in [2.75, 3.05) is 0 Å². The molecule has 0 saturated heterocycles. The number of para-hydroxylation sites is 1. The highest BCUT2D eigenvalue weighted by atomic mass is 35.5. The lowest BCUT2D eigenvalue weighted by molar-refractivity contribution is -0.384. The average Bonchev–Trinajstić information content (AvgIpc) is 2.76. The molecule has 17 heavy (non-hydrogen) atoms. The van der Waals surface area contributed by atoms with Gasteiger partial charge in [-0.2, -0.15) is 5.10 Å². The highest BCUT2D eigenvalue weighted by Crippen LogP contribution is 2.29. The van der Waals surface area contributed by atoms with Gasteiger partial charge in [-0.3, -0.25) is 10.1 Å². The first-order valence-corrected chi connectivity index (χ1v) is 5.58. The highest BCUT2D eigenvalue weighted by molar-refractivity contribution is 6.32. The number of hydrogen-bond donors (Lipinski definition) is 0. The molecule has 1 heterocycles. The molecule has 0 spiro atoms. The Morgan fingerprint density at radius 3 is 2.76 bits per heavy atom. The van der Waals surface area contributed by atoms with Gasteiger partial charge in [-0.05, 0) is 12.1 Å². The molecule has 0 aliphatic carbocycles. The van der Waals surface area contributed by atoms with E-state index >= 15 is 0 Å². The molecule has 0 radical (unpaired) electrons. The molecule has 2 rings (SSSR count). The van der Waals surface area contributed by atoms with E-state index in [2.05, 4.69) is 5.10 Å². The zero-order chi connectivity index (χ0) is 12.4. The van der Waals surface area contributed by atoms with Crippen LogP contribution in [0, 0.1) is 10.1 Å². The van der Waals surface area contributed by atoms with Crippen LogP contribution in [-0.2, 0) is 5.88 Å². The fraction of sp³-hybridized carbons (Fsp3) is 0.100. The maximum atomic E-state index is 10.9. The molecule has 5 nitrogen and oxygen atoms in total. The van der Waals surface area contributed by atoms with E-state index in [1.165, 1.54) is 16.8 Å². The number of nitro benzene ring substituents is 1. The van der Waals surface area contributed by atoms with Gasteiger partial charge in [0.05, 0.1) is 21.5 Å². The monoisotopic (exact) mass is 271 g/mol. The molecule has 2 aromatic rings. The van der Waals surface area contributed by atoms with Crippen molar-refractivity contribution in [3.05, 3.63) is 51.3 Å². The summed E-state index contributed by atoms with van der Waals surface area (Å²) in [5.41, 5.74) is 0.776. The van der Waals surface area contributed by atoms with Crippen LogP contribution in [0.4, 0.5) is 5.69 Å². The Bertz CT molecular complexity index is 568. The van der Waals surface area contributed by atoms with Gasteiger partial charge in [-0.1, -0.05) is 17.7 Å². The minimum atomic E-state index is -0.497. The van der Waals surface area contributed by atoms with E-state index in [-0.39, 0.29) is 22.3 Å². The third kappa shape index (κ3) is 2.25. The number of halogens is 2. The van der Waals surface area contributed by atoms with Crippen LogP contribution < -0.4 is 0 Å². The molecule has 0 aliphatic rings. The standard InChI is InChI=1S/C10H7Cl2N3O2/c11-6-7-4-5-14(13-7)10-8(12)2-1-3-9(10)15(16)17/h1-5H,6H2. The molecule has 0 fully saturated rings. The van der Waals surface area contributed by atoms with Gasteiger partial charge in [0.1, 0.15) is 0 Å². The van der Waals surface area contributed by atoms with E-state index < -0.39 is 4.92 Å². The first-order chi connectivity index (χ1) is 8.13. The largest absolute Gasteiger partial charge is 0.296 e. The minimum absolute atomic E-state index is 0.0956. The summed E-state index contributed by atoms with van der Waals surface area (Å²) in [6.45, 7) is 0. The number of rotatable bonds is 3. The maximum Gasteiger partial charge on any atom is 0.296 e. The fourth-order valence-electron chi connectivity index (χ4n) is 1.44. The van der Waals surface area contributed by atoms with Crippen molar-refractivity contribution in [1.29, 1.82) is 0 Å². The summed E-state index contributed by atoms with van der Waals surface area (Å²) < 4.78 is 1.36. The molecule has 0 aliphatic heterocycles. The number of alkyl halides is 1. The summed E-state index contributed by atoms with van der Waals surface area (Å²) in [6, 6.07) is 6.16. The van der Waals surface area contributed by atoms with Gasteiger partial charge in [0.15, 0.2) is 5.69 Å². The Morgan fingerprint density at radius 1 is 1.41 bits per heavy atom. The Hall–Kier alpha value is -1.59. The summed E-state index contributed by atoms with van der Waals surface area (Å²) in [5, 5.41) is 15.3. The third-order valence-corrected chi connectivity index (χ3v) is 2.75. The summed E-state index contributed by atoms with van der Waals surface area (Å²) in [6.07, 6.45) is 1.59. The van der Waals surface area contributed by atoms with Gasteiger partial charge in [0.2, 0.25) is 0 Å². The van der Waals surface area contributed by atoms with Crippen molar-refractivity contribution in [2.45, 2.75) is 5.88 Å². The van der Waals surface area contributed by atoms with E-state index in [1.54, 1.807) is 18.3 Å². The predicted molar refractivity (Wildman–Crippen MR) is 64.8 cm³/mol. The molecule has 0 saturated carbocycles. The highest BCUT2D eigenvalue weighted by Gasteiger charge is 2.19. The predicted octanol–water partition coefficient (Wildman–Crippen LogP) is 3.17. The molecule has 1 aromatic heterocycles. The fourth-order valence-corrected chi connectivity index (χ4v) is 1.83. The van der Waals surface area contributed by atoms with E-state index in [9.17, 15) is 10.1 Å². The van der Waals surface area contributed by atoms with Crippen molar-refractivity contribution < 1.29 is 4.92 Å². The van der Waals surface area contributed by atoms with Crippen LogP contribution in [0.25, 0.3) is 5.69 Å². The molecule has 1 aromatic carbocycles. The summed E-state index contributed by atoms with van der Waals surface area (Å²) in [5.74, 6) is 0.241. The van der Waals surface area contributed by atoms with Crippen LogP contribution in [0.5, 0.6) is 0 Å². The number of nitro groups is 1. The topological polar surface area (TPSA) is 61.0 Å². The van der Waals surface area contributed by atoms with Crippen LogP contribution >= 0.6 is 23.2 Å². The molecule has 88 valence electrons. The van der Waals surface area contributed by atoms with Crippen LogP contribution in [-0.4, -0.2) is 14.7 Å². The Kier molecular flexibility index (Phi) is 3.31. The molecule has 0 amide bonds. The Labute approximate surface area is 107 Å². The smallest absolute Gasteiger partial charge is 0.258 e. The SMILES string of the molecule is O=[N+]([O-])c1cccc(Cl)c1-n1ccc(CCl)n1. The van der Waals surface area contributed by atoms with E-state index in [0.29, 0.717) is 5.69 Å². The zero-order valence-corrected chi connectivity index (χ0v) is 10.0. The minimum Gasteiger partial charge on any atom is -0.258 e. The van der Waals surface area contributed by atoms with Crippen LogP contribution in [0.15, 0.2) is 30.5 Å². The van der Waals surface area contributed by atoms with Gasteiger partial charge >= 0.3 is 0 Å². The second-order valence-corrected chi connectivity index (χ2v) is 3.92. The van der Waals surface area contributed by atoms with Crippen LogP contribution in [0.1, 0.15) is 5.69 Å². The lowest BCUT2D eigenvalue weighted by Crippen LogP contribution is -2.02. The first kappa shape index (κ1) is 11.9. The lowest BCUT2D eigenvalue weighted by Gasteiger charge is -2.04. The van der Waals surface area contributed by atoms with Crippen LogP contribution in [0.2, 0.25) is 5.02 Å². The van der Waals surface area contributed by atoms with Crippen molar-refractivity contribution in [1.82, 2.24) is 9.78 Å². The third-order valence-electron chi connectivity index (χ3n) is 2.17. The van der Waals surface area contributed by atoms with E-state index in [4.69, 9.17) is 23.2 Å². The molecule has 0 atom stereocenters. The van der Waals surface area contributed by atoms with Crippen molar-refractivity contribution in [3.8, 4) is 5.69 Å².